The lowest BCUT2D eigenvalue weighted by atomic mass is 9.97. The van der Waals surface area contributed by atoms with E-state index in [4.69, 9.17) is 4.74 Å². The van der Waals surface area contributed by atoms with E-state index in [2.05, 4.69) is 21.7 Å². The van der Waals surface area contributed by atoms with Crippen LogP contribution in [-0.4, -0.2) is 40.8 Å². The molecule has 1 aromatic heterocycles. The first kappa shape index (κ1) is 19.7. The van der Waals surface area contributed by atoms with Crippen molar-refractivity contribution < 1.29 is 14.6 Å². The van der Waals surface area contributed by atoms with Crippen molar-refractivity contribution in [1.29, 1.82) is 0 Å². The van der Waals surface area contributed by atoms with Crippen LogP contribution in [0.4, 0.5) is 4.79 Å². The number of alkyl carbamates (subject to hydrolysis) is 1. The van der Waals surface area contributed by atoms with E-state index < -0.39 is 5.60 Å². The monoisotopic (exact) mass is 388 g/mol. The molecule has 27 heavy (non-hydrogen) atoms. The molecule has 1 amide bonds. The van der Waals surface area contributed by atoms with Gasteiger partial charge < -0.3 is 15.2 Å². The number of rotatable bonds is 4. The van der Waals surface area contributed by atoms with Gasteiger partial charge in [0.1, 0.15) is 11.4 Å². The summed E-state index contributed by atoms with van der Waals surface area (Å²) < 4.78 is 5.36. The first-order chi connectivity index (χ1) is 12.8. The quantitative estimate of drug-likeness (QED) is 0.808. The van der Waals surface area contributed by atoms with Gasteiger partial charge in [0.05, 0.1) is 6.04 Å². The molecule has 3 rings (SSSR count). The Hall–Kier alpha value is -2.05. The van der Waals surface area contributed by atoms with Gasteiger partial charge in [-0.3, -0.25) is 4.90 Å². The first-order valence-electron chi connectivity index (χ1n) is 9.38. The molecule has 2 heterocycles. The van der Waals surface area contributed by atoms with Crippen LogP contribution in [0, 0.1) is 0 Å². The molecule has 1 aromatic carbocycles. The maximum Gasteiger partial charge on any atom is 0.407 e. The van der Waals surface area contributed by atoms with Crippen LogP contribution >= 0.6 is 11.3 Å². The van der Waals surface area contributed by atoms with Gasteiger partial charge in [-0.15, -0.1) is 11.3 Å². The maximum absolute atomic E-state index is 12.0. The number of phenols is 1. The Bertz CT molecular complexity index is 747. The Morgan fingerprint density at radius 3 is 2.52 bits per heavy atom. The topological polar surface area (TPSA) is 61.8 Å². The summed E-state index contributed by atoms with van der Waals surface area (Å²) in [6.45, 7) is 7.29. The average molecular weight is 389 g/mol. The molecule has 1 aliphatic rings. The molecular weight excluding hydrogens is 360 g/mol. The normalized spacial score (nSPS) is 17.4. The summed E-state index contributed by atoms with van der Waals surface area (Å²) in [6, 6.07) is 11.9. The van der Waals surface area contributed by atoms with Crippen molar-refractivity contribution in [2.24, 2.45) is 0 Å². The van der Waals surface area contributed by atoms with Crippen LogP contribution in [-0.2, 0) is 4.74 Å². The molecule has 1 saturated heterocycles. The highest BCUT2D eigenvalue weighted by Crippen LogP contribution is 2.37. The lowest BCUT2D eigenvalue weighted by molar-refractivity contribution is 0.0473. The summed E-state index contributed by atoms with van der Waals surface area (Å²) in [5, 5.41) is 15.4. The summed E-state index contributed by atoms with van der Waals surface area (Å²) in [4.78, 5) is 15.6. The van der Waals surface area contributed by atoms with Crippen molar-refractivity contribution in [3.8, 4) is 5.75 Å². The number of hydrogen-bond donors (Lipinski definition) is 2. The molecule has 1 atom stereocenters. The predicted molar refractivity (Wildman–Crippen MR) is 108 cm³/mol. The van der Waals surface area contributed by atoms with Gasteiger partial charge in [-0.25, -0.2) is 4.79 Å². The highest BCUT2D eigenvalue weighted by Gasteiger charge is 2.30. The predicted octanol–water partition coefficient (Wildman–Crippen LogP) is 4.53. The summed E-state index contributed by atoms with van der Waals surface area (Å²) in [5.41, 5.74) is 0.443. The number of phenolic OH excluding ortho intramolecular Hbond substituents is 1. The third-order valence-corrected chi connectivity index (χ3v) is 5.58. The second kappa shape index (κ2) is 8.31. The van der Waals surface area contributed by atoms with Crippen molar-refractivity contribution in [3.63, 3.8) is 0 Å². The molecule has 0 saturated carbocycles. The van der Waals surface area contributed by atoms with E-state index in [-0.39, 0.29) is 18.2 Å². The van der Waals surface area contributed by atoms with Crippen LogP contribution in [0.1, 0.15) is 50.1 Å². The molecule has 0 aliphatic carbocycles. The van der Waals surface area contributed by atoms with E-state index >= 15 is 0 Å². The largest absolute Gasteiger partial charge is 0.508 e. The SMILES string of the molecule is CC(C)(C)OC(=O)NC1CCN(C(c2cccs2)c2ccccc2O)CC1. The lowest BCUT2D eigenvalue weighted by Gasteiger charge is -2.38. The minimum absolute atomic E-state index is 0.0358. The Balaban J connectivity index is 1.67. The summed E-state index contributed by atoms with van der Waals surface area (Å²) >= 11 is 1.70. The first-order valence-corrected chi connectivity index (χ1v) is 10.3. The molecule has 146 valence electrons. The molecule has 5 nitrogen and oxygen atoms in total. The number of benzene rings is 1. The molecule has 2 aromatic rings. The zero-order valence-corrected chi connectivity index (χ0v) is 17.0. The number of para-hydroxylation sites is 1. The highest BCUT2D eigenvalue weighted by molar-refractivity contribution is 7.10. The fraction of sp³-hybridized carbons (Fsp3) is 0.476. The molecule has 1 fully saturated rings. The van der Waals surface area contributed by atoms with Gasteiger partial charge in [-0.1, -0.05) is 24.3 Å². The van der Waals surface area contributed by atoms with Crippen LogP contribution in [0.3, 0.4) is 0 Å². The molecule has 0 bridgehead atoms. The number of amides is 1. The van der Waals surface area contributed by atoms with Crippen molar-refractivity contribution in [2.75, 3.05) is 13.1 Å². The molecular formula is C21H28N2O3S. The Morgan fingerprint density at radius 1 is 1.22 bits per heavy atom. The standard InChI is InChI=1S/C21H28N2O3S/c1-21(2,3)26-20(25)22-15-10-12-23(13-11-15)19(18-9-6-14-27-18)16-7-4-5-8-17(16)24/h4-9,14-15,19,24H,10-13H2,1-3H3,(H,22,25). The fourth-order valence-electron chi connectivity index (χ4n) is 3.47. The number of nitrogens with one attached hydrogen (secondary N) is 1. The lowest BCUT2D eigenvalue weighted by Crippen LogP contribution is -2.47. The number of aromatic hydroxyl groups is 1. The number of piperidine rings is 1. The molecule has 2 N–H and O–H groups in total. The Labute approximate surface area is 165 Å². The molecule has 0 spiro atoms. The van der Waals surface area contributed by atoms with E-state index in [0.717, 1.165) is 31.5 Å². The van der Waals surface area contributed by atoms with E-state index in [1.807, 2.05) is 45.0 Å². The van der Waals surface area contributed by atoms with Crippen molar-refractivity contribution in [1.82, 2.24) is 10.2 Å². The van der Waals surface area contributed by atoms with Crippen LogP contribution in [0.25, 0.3) is 0 Å². The van der Waals surface area contributed by atoms with Crippen LogP contribution in [0.5, 0.6) is 5.75 Å². The minimum atomic E-state index is -0.486. The van der Waals surface area contributed by atoms with Gasteiger partial charge >= 0.3 is 6.09 Å². The maximum atomic E-state index is 12.0. The summed E-state index contributed by atoms with van der Waals surface area (Å²) in [7, 11) is 0. The van der Waals surface area contributed by atoms with E-state index in [0.29, 0.717) is 5.75 Å². The Kier molecular flexibility index (Phi) is 6.07. The second-order valence-electron chi connectivity index (χ2n) is 7.93. The van der Waals surface area contributed by atoms with Gasteiger partial charge in [0, 0.05) is 29.6 Å². The van der Waals surface area contributed by atoms with Gasteiger partial charge in [0.15, 0.2) is 0 Å². The number of likely N-dealkylation sites (tertiary alicyclic amines) is 1. The smallest absolute Gasteiger partial charge is 0.407 e. The second-order valence-corrected chi connectivity index (χ2v) is 8.91. The van der Waals surface area contributed by atoms with E-state index in [1.165, 1.54) is 4.88 Å². The third-order valence-electron chi connectivity index (χ3n) is 4.66. The van der Waals surface area contributed by atoms with E-state index in [1.54, 1.807) is 17.4 Å². The third kappa shape index (κ3) is 5.23. The zero-order chi connectivity index (χ0) is 19.4. The fourth-order valence-corrected chi connectivity index (χ4v) is 4.35. The van der Waals surface area contributed by atoms with Gasteiger partial charge in [0.2, 0.25) is 0 Å². The van der Waals surface area contributed by atoms with Crippen LogP contribution < -0.4 is 5.32 Å². The molecule has 1 unspecified atom stereocenters. The van der Waals surface area contributed by atoms with Crippen molar-refractivity contribution in [2.45, 2.75) is 51.3 Å². The number of ether oxygens (including phenoxy) is 1. The summed E-state index contributed by atoms with van der Waals surface area (Å²) in [5.74, 6) is 0.324. The number of nitrogens with zero attached hydrogens (tertiary/aromatic N) is 1. The summed E-state index contributed by atoms with van der Waals surface area (Å²) in [6.07, 6.45) is 1.36. The van der Waals surface area contributed by atoms with Gasteiger partial charge in [0.25, 0.3) is 0 Å². The highest BCUT2D eigenvalue weighted by atomic mass is 32.1. The van der Waals surface area contributed by atoms with Gasteiger partial charge in [-0.05, 0) is 51.1 Å². The molecule has 1 aliphatic heterocycles. The van der Waals surface area contributed by atoms with E-state index in [9.17, 15) is 9.90 Å². The van der Waals surface area contributed by atoms with Gasteiger partial charge in [-0.2, -0.15) is 0 Å². The average Bonchev–Trinajstić information content (AvgIpc) is 3.11. The minimum Gasteiger partial charge on any atom is -0.508 e. The molecule has 0 radical (unpaired) electrons. The number of carbonyl (C=O) groups excluding carboxylic acids is 1. The molecule has 6 heteroatoms. The van der Waals surface area contributed by atoms with Crippen LogP contribution in [0.15, 0.2) is 41.8 Å². The number of hydrogen-bond acceptors (Lipinski definition) is 5. The number of thiophene rings is 1. The zero-order valence-electron chi connectivity index (χ0n) is 16.1. The number of carbonyl (C=O) groups is 1. The van der Waals surface area contributed by atoms with Crippen molar-refractivity contribution >= 4 is 17.4 Å². The van der Waals surface area contributed by atoms with Crippen LogP contribution in [0.2, 0.25) is 0 Å². The Morgan fingerprint density at radius 2 is 1.93 bits per heavy atom. The van der Waals surface area contributed by atoms with Crippen molar-refractivity contribution in [3.05, 3.63) is 52.2 Å².